The Kier molecular flexibility index (Phi) is 4.97. The van der Waals surface area contributed by atoms with E-state index in [-0.39, 0.29) is 11.7 Å². The Labute approximate surface area is 151 Å². The first-order chi connectivity index (χ1) is 12.4. The van der Waals surface area contributed by atoms with Crippen molar-refractivity contribution < 1.29 is 9.18 Å². The van der Waals surface area contributed by atoms with E-state index in [1.54, 1.807) is 27.7 Å². The molecule has 26 heavy (non-hydrogen) atoms. The fourth-order valence-electron chi connectivity index (χ4n) is 2.70. The summed E-state index contributed by atoms with van der Waals surface area (Å²) in [4.78, 5) is 12.2. The van der Waals surface area contributed by atoms with E-state index in [1.165, 1.54) is 18.2 Å². The van der Waals surface area contributed by atoms with Crippen LogP contribution in [0.5, 0.6) is 0 Å². The molecule has 0 saturated heterocycles. The normalized spacial score (nSPS) is 11.2. The van der Waals surface area contributed by atoms with E-state index in [2.05, 4.69) is 15.5 Å². The van der Waals surface area contributed by atoms with Gasteiger partial charge in [-0.15, -0.1) is 0 Å². The summed E-state index contributed by atoms with van der Waals surface area (Å²) in [7, 11) is 1.82. The van der Waals surface area contributed by atoms with Crippen LogP contribution in [-0.2, 0) is 18.4 Å². The lowest BCUT2D eigenvalue weighted by Crippen LogP contribution is -2.10. The van der Waals surface area contributed by atoms with Gasteiger partial charge in [0.1, 0.15) is 5.82 Å². The molecule has 0 aliphatic carbocycles. The maximum absolute atomic E-state index is 13.4. The number of hydrogen-bond donors (Lipinski definition) is 1. The number of aryl methyl sites for hydroxylation is 2. The average molecular weight is 353 g/mol. The third-order valence-corrected chi connectivity index (χ3v) is 4.00. The van der Waals surface area contributed by atoms with Crippen LogP contribution in [0.3, 0.4) is 0 Å². The van der Waals surface area contributed by atoms with Gasteiger partial charge in [-0.25, -0.2) is 4.39 Å². The van der Waals surface area contributed by atoms with E-state index in [4.69, 9.17) is 0 Å². The van der Waals surface area contributed by atoms with Crippen LogP contribution in [-0.4, -0.2) is 25.5 Å². The lowest BCUT2D eigenvalue weighted by atomic mass is 10.2. The number of rotatable bonds is 5. The van der Waals surface area contributed by atoms with E-state index < -0.39 is 0 Å². The van der Waals surface area contributed by atoms with Gasteiger partial charge in [0, 0.05) is 24.9 Å². The summed E-state index contributed by atoms with van der Waals surface area (Å²) in [6, 6.07) is 6.40. The monoisotopic (exact) mass is 353 g/mol. The largest absolute Gasteiger partial charge is 0.319 e. The van der Waals surface area contributed by atoms with Gasteiger partial charge < -0.3 is 5.32 Å². The SMILES string of the molecule is Cc1nn(Cc2cccc(F)c2)c(C)c1NC(=O)/C=C/c1cnn(C)c1. The number of aromatic nitrogens is 4. The van der Waals surface area contributed by atoms with Gasteiger partial charge in [0.15, 0.2) is 0 Å². The van der Waals surface area contributed by atoms with Crippen molar-refractivity contribution in [2.24, 2.45) is 7.05 Å². The Morgan fingerprint density at radius 1 is 1.35 bits per heavy atom. The zero-order chi connectivity index (χ0) is 18.7. The molecule has 0 bridgehead atoms. The molecular formula is C19H20FN5O. The number of hydrogen-bond acceptors (Lipinski definition) is 3. The van der Waals surface area contributed by atoms with Crippen molar-refractivity contribution in [2.45, 2.75) is 20.4 Å². The van der Waals surface area contributed by atoms with Gasteiger partial charge >= 0.3 is 0 Å². The number of anilines is 1. The van der Waals surface area contributed by atoms with Crippen molar-refractivity contribution in [1.29, 1.82) is 0 Å². The molecule has 2 heterocycles. The summed E-state index contributed by atoms with van der Waals surface area (Å²) in [5.41, 5.74) is 3.85. The van der Waals surface area contributed by atoms with Crippen molar-refractivity contribution in [2.75, 3.05) is 5.32 Å². The van der Waals surface area contributed by atoms with Gasteiger partial charge in [-0.2, -0.15) is 10.2 Å². The van der Waals surface area contributed by atoms with Crippen molar-refractivity contribution >= 4 is 17.7 Å². The molecule has 0 spiro atoms. The van der Waals surface area contributed by atoms with Crippen LogP contribution >= 0.6 is 0 Å². The van der Waals surface area contributed by atoms with E-state index in [9.17, 15) is 9.18 Å². The Hall–Kier alpha value is -3.22. The van der Waals surface area contributed by atoms with Crippen LogP contribution in [0.25, 0.3) is 6.08 Å². The number of amides is 1. The van der Waals surface area contributed by atoms with Crippen LogP contribution in [0.4, 0.5) is 10.1 Å². The number of carbonyl (C=O) groups excluding carboxylic acids is 1. The molecule has 0 aliphatic heterocycles. The Bertz CT molecular complexity index is 970. The summed E-state index contributed by atoms with van der Waals surface area (Å²) < 4.78 is 16.8. The second-order valence-corrected chi connectivity index (χ2v) is 6.10. The van der Waals surface area contributed by atoms with Crippen LogP contribution in [0, 0.1) is 19.7 Å². The summed E-state index contributed by atoms with van der Waals surface area (Å²) >= 11 is 0. The molecular weight excluding hydrogens is 333 g/mol. The molecule has 2 aromatic heterocycles. The van der Waals surface area contributed by atoms with E-state index in [0.717, 1.165) is 16.8 Å². The number of carbonyl (C=O) groups is 1. The van der Waals surface area contributed by atoms with Gasteiger partial charge in [0.2, 0.25) is 5.91 Å². The number of halogens is 1. The standard InChI is InChI=1S/C19H20FN5O/c1-13-19(22-18(26)8-7-16-10-21-24(3)11-16)14(2)25(23-13)12-15-5-4-6-17(20)9-15/h4-11H,12H2,1-3H3,(H,22,26)/b8-7+. The van der Waals surface area contributed by atoms with Gasteiger partial charge in [-0.3, -0.25) is 14.2 Å². The highest BCUT2D eigenvalue weighted by molar-refractivity contribution is 6.02. The lowest BCUT2D eigenvalue weighted by molar-refractivity contribution is -0.111. The Morgan fingerprint density at radius 2 is 2.15 bits per heavy atom. The van der Waals surface area contributed by atoms with Crippen molar-refractivity contribution in [1.82, 2.24) is 19.6 Å². The number of nitrogens with one attached hydrogen (secondary N) is 1. The zero-order valence-electron chi connectivity index (χ0n) is 14.9. The maximum atomic E-state index is 13.4. The third-order valence-electron chi connectivity index (χ3n) is 4.00. The van der Waals surface area contributed by atoms with Gasteiger partial charge in [-0.1, -0.05) is 12.1 Å². The molecule has 6 nitrogen and oxygen atoms in total. The second kappa shape index (κ2) is 7.35. The highest BCUT2D eigenvalue weighted by Crippen LogP contribution is 2.20. The summed E-state index contributed by atoms with van der Waals surface area (Å²) in [6.45, 7) is 4.14. The van der Waals surface area contributed by atoms with Crippen LogP contribution in [0.1, 0.15) is 22.5 Å². The predicted molar refractivity (Wildman–Crippen MR) is 98.1 cm³/mol. The van der Waals surface area contributed by atoms with Crippen LogP contribution < -0.4 is 5.32 Å². The molecule has 134 valence electrons. The van der Waals surface area contributed by atoms with E-state index >= 15 is 0 Å². The molecule has 0 unspecified atom stereocenters. The molecule has 3 aromatic rings. The maximum Gasteiger partial charge on any atom is 0.248 e. The van der Waals surface area contributed by atoms with E-state index in [1.807, 2.05) is 33.2 Å². The first-order valence-corrected chi connectivity index (χ1v) is 8.18. The molecule has 3 rings (SSSR count). The lowest BCUT2D eigenvalue weighted by Gasteiger charge is -2.06. The highest BCUT2D eigenvalue weighted by Gasteiger charge is 2.13. The molecule has 7 heteroatoms. The zero-order valence-corrected chi connectivity index (χ0v) is 14.9. The molecule has 0 aliphatic rings. The minimum absolute atomic E-state index is 0.245. The van der Waals surface area contributed by atoms with Gasteiger partial charge in [0.05, 0.1) is 29.8 Å². The van der Waals surface area contributed by atoms with Crippen molar-refractivity contribution in [3.63, 3.8) is 0 Å². The minimum Gasteiger partial charge on any atom is -0.319 e. The number of benzene rings is 1. The van der Waals surface area contributed by atoms with Crippen LogP contribution in [0.2, 0.25) is 0 Å². The molecule has 0 radical (unpaired) electrons. The average Bonchev–Trinajstić information content (AvgIpc) is 3.12. The minimum atomic E-state index is -0.280. The van der Waals surface area contributed by atoms with Crippen molar-refractivity contribution in [3.05, 3.63) is 71.1 Å². The smallest absolute Gasteiger partial charge is 0.248 e. The predicted octanol–water partition coefficient (Wildman–Crippen LogP) is 3.07. The van der Waals surface area contributed by atoms with Gasteiger partial charge in [0.25, 0.3) is 0 Å². The Morgan fingerprint density at radius 3 is 2.85 bits per heavy atom. The fraction of sp³-hybridized carbons (Fsp3) is 0.211. The Balaban J connectivity index is 1.73. The van der Waals surface area contributed by atoms with E-state index in [0.29, 0.717) is 17.9 Å². The molecule has 1 N–H and O–H groups in total. The third kappa shape index (κ3) is 4.05. The number of nitrogens with zero attached hydrogens (tertiary/aromatic N) is 4. The summed E-state index contributed by atoms with van der Waals surface area (Å²) in [5, 5.41) is 11.4. The highest BCUT2D eigenvalue weighted by atomic mass is 19.1. The topological polar surface area (TPSA) is 64.7 Å². The molecule has 0 saturated carbocycles. The quantitative estimate of drug-likeness (QED) is 0.717. The van der Waals surface area contributed by atoms with Crippen LogP contribution in [0.15, 0.2) is 42.7 Å². The molecule has 0 atom stereocenters. The van der Waals surface area contributed by atoms with Gasteiger partial charge in [-0.05, 0) is 37.6 Å². The second-order valence-electron chi connectivity index (χ2n) is 6.10. The summed E-state index contributed by atoms with van der Waals surface area (Å²) in [6.07, 6.45) is 6.65. The van der Waals surface area contributed by atoms with Crippen molar-refractivity contribution in [3.8, 4) is 0 Å². The first-order valence-electron chi connectivity index (χ1n) is 8.18. The fourth-order valence-corrected chi connectivity index (χ4v) is 2.70. The first kappa shape index (κ1) is 17.6. The molecule has 1 amide bonds. The molecule has 0 fully saturated rings. The summed E-state index contributed by atoms with van der Waals surface area (Å²) in [5.74, 6) is -0.525. The molecule has 1 aromatic carbocycles.